The van der Waals surface area contributed by atoms with Gasteiger partial charge in [-0.1, -0.05) is 18.3 Å². The first kappa shape index (κ1) is 13.0. The molecular weight excluding hydrogens is 253 g/mol. The van der Waals surface area contributed by atoms with Crippen molar-refractivity contribution in [3.8, 4) is 0 Å². The Morgan fingerprint density at radius 2 is 2.17 bits per heavy atom. The lowest BCUT2D eigenvalue weighted by Gasteiger charge is -2.16. The fourth-order valence-corrected chi connectivity index (χ4v) is 2.61. The maximum absolute atomic E-state index is 13.2. The number of hydrazine groups is 1. The van der Waals surface area contributed by atoms with Gasteiger partial charge >= 0.3 is 0 Å². The second kappa shape index (κ2) is 5.47. The summed E-state index contributed by atoms with van der Waals surface area (Å²) in [5.74, 6) is 5.41. The molecule has 0 amide bonds. The van der Waals surface area contributed by atoms with E-state index in [2.05, 4.69) is 20.0 Å². The van der Waals surface area contributed by atoms with Gasteiger partial charge in [0.15, 0.2) is 0 Å². The minimum absolute atomic E-state index is 0.233. The second-order valence-electron chi connectivity index (χ2n) is 4.21. The monoisotopic (exact) mass is 267 g/mol. The summed E-state index contributed by atoms with van der Waals surface area (Å²) >= 11 is 1.26. The number of hydrogen-bond acceptors (Lipinski definition) is 6. The van der Waals surface area contributed by atoms with Gasteiger partial charge in [0.25, 0.3) is 0 Å². The van der Waals surface area contributed by atoms with Crippen LogP contribution >= 0.6 is 11.5 Å². The quantitative estimate of drug-likeness (QED) is 0.652. The van der Waals surface area contributed by atoms with E-state index in [4.69, 9.17) is 5.84 Å². The van der Waals surface area contributed by atoms with Crippen LogP contribution in [0, 0.1) is 5.82 Å². The molecule has 0 spiro atoms. The third-order valence-corrected chi connectivity index (χ3v) is 3.38. The van der Waals surface area contributed by atoms with E-state index >= 15 is 0 Å². The Hall–Kier alpha value is -1.44. The van der Waals surface area contributed by atoms with Crippen LogP contribution in [0.5, 0.6) is 0 Å². The van der Waals surface area contributed by atoms with Crippen LogP contribution in [0.4, 0.5) is 4.39 Å². The molecule has 0 aromatic carbocycles. The average molecular weight is 267 g/mol. The molecule has 0 saturated heterocycles. The molecule has 0 aliphatic rings. The van der Waals surface area contributed by atoms with Gasteiger partial charge in [0, 0.05) is 6.20 Å². The molecule has 1 unspecified atom stereocenters. The lowest BCUT2D eigenvalue weighted by molar-refractivity contribution is 0.596. The van der Waals surface area contributed by atoms with Gasteiger partial charge in [-0.05, 0) is 29.1 Å². The van der Waals surface area contributed by atoms with Crippen molar-refractivity contribution in [3.63, 3.8) is 0 Å². The van der Waals surface area contributed by atoms with Crippen LogP contribution in [0.2, 0.25) is 0 Å². The summed E-state index contributed by atoms with van der Waals surface area (Å²) in [5.41, 5.74) is 4.19. The van der Waals surface area contributed by atoms with Crippen LogP contribution in [0.15, 0.2) is 18.5 Å². The molecule has 1 atom stereocenters. The molecule has 18 heavy (non-hydrogen) atoms. The summed E-state index contributed by atoms with van der Waals surface area (Å²) in [7, 11) is 0. The fraction of sp³-hybridized carbons (Fsp3) is 0.364. The average Bonchev–Trinajstić information content (AvgIpc) is 2.79. The van der Waals surface area contributed by atoms with Gasteiger partial charge in [0.05, 0.1) is 22.8 Å². The molecule has 0 fully saturated rings. The Labute approximate surface area is 108 Å². The van der Waals surface area contributed by atoms with E-state index in [0.717, 1.165) is 16.8 Å². The highest BCUT2D eigenvalue weighted by Crippen LogP contribution is 2.30. The van der Waals surface area contributed by atoms with Crippen molar-refractivity contribution in [3.05, 3.63) is 40.4 Å². The van der Waals surface area contributed by atoms with Crippen molar-refractivity contribution >= 4 is 11.5 Å². The maximum atomic E-state index is 13.2. The highest BCUT2D eigenvalue weighted by molar-refractivity contribution is 7.05. The molecule has 0 aliphatic heterocycles. The molecule has 0 aliphatic carbocycles. The predicted octanol–water partition coefficient (Wildman–Crippen LogP) is 1.75. The smallest absolute Gasteiger partial charge is 0.141 e. The number of nitrogens with zero attached hydrogens (tertiary/aromatic N) is 3. The van der Waals surface area contributed by atoms with Crippen LogP contribution in [0.3, 0.4) is 0 Å². The Morgan fingerprint density at radius 1 is 1.39 bits per heavy atom. The van der Waals surface area contributed by atoms with Crippen molar-refractivity contribution in [2.75, 3.05) is 0 Å². The Balaban J connectivity index is 2.42. The van der Waals surface area contributed by atoms with Gasteiger partial charge in [0.2, 0.25) is 0 Å². The van der Waals surface area contributed by atoms with E-state index < -0.39 is 5.82 Å². The van der Waals surface area contributed by atoms with Crippen molar-refractivity contribution in [2.45, 2.75) is 25.8 Å². The fourth-order valence-electron chi connectivity index (χ4n) is 1.71. The van der Waals surface area contributed by atoms with Crippen molar-refractivity contribution in [1.29, 1.82) is 0 Å². The van der Waals surface area contributed by atoms with Crippen molar-refractivity contribution in [1.82, 2.24) is 20.0 Å². The molecule has 2 aromatic heterocycles. The molecule has 3 N–H and O–H groups in total. The molecule has 0 saturated carbocycles. The Morgan fingerprint density at radius 3 is 2.78 bits per heavy atom. The number of nitrogens with two attached hydrogens (primary N) is 1. The summed E-state index contributed by atoms with van der Waals surface area (Å²) < 4.78 is 17.1. The zero-order valence-corrected chi connectivity index (χ0v) is 10.9. The predicted molar refractivity (Wildman–Crippen MR) is 67.4 cm³/mol. The highest BCUT2D eigenvalue weighted by atomic mass is 32.1. The lowest BCUT2D eigenvalue weighted by Crippen LogP contribution is -2.29. The van der Waals surface area contributed by atoms with E-state index in [1.54, 1.807) is 6.20 Å². The van der Waals surface area contributed by atoms with Gasteiger partial charge in [-0.3, -0.25) is 10.8 Å². The molecule has 2 heterocycles. The molecular formula is C11H14FN5S. The van der Waals surface area contributed by atoms with Crippen LogP contribution in [0.25, 0.3) is 0 Å². The standard InChI is InChI=1S/C11H14FN5S/c1-6(2)9-11(18-17-16-9)10(15-13)7-3-8(12)5-14-4-7/h3-6,10,15H,13H2,1-2H3. The number of aromatic nitrogens is 3. The van der Waals surface area contributed by atoms with Crippen LogP contribution in [-0.4, -0.2) is 14.6 Å². The molecule has 0 radical (unpaired) electrons. The third-order valence-electron chi connectivity index (χ3n) is 2.58. The first-order chi connectivity index (χ1) is 8.63. The van der Waals surface area contributed by atoms with E-state index in [0.29, 0.717) is 5.56 Å². The molecule has 7 heteroatoms. The summed E-state index contributed by atoms with van der Waals surface area (Å²) in [6.45, 7) is 4.05. The number of halogens is 1. The number of pyridine rings is 1. The molecule has 2 rings (SSSR count). The number of rotatable bonds is 4. The maximum Gasteiger partial charge on any atom is 0.141 e. The minimum Gasteiger partial charge on any atom is -0.271 e. The van der Waals surface area contributed by atoms with E-state index in [-0.39, 0.29) is 12.0 Å². The van der Waals surface area contributed by atoms with Gasteiger partial charge in [-0.15, -0.1) is 5.10 Å². The second-order valence-corrected chi connectivity index (χ2v) is 5.00. The minimum atomic E-state index is -0.392. The van der Waals surface area contributed by atoms with Crippen LogP contribution in [-0.2, 0) is 0 Å². The number of hydrogen-bond donors (Lipinski definition) is 2. The van der Waals surface area contributed by atoms with E-state index in [9.17, 15) is 4.39 Å². The van der Waals surface area contributed by atoms with Gasteiger partial charge < -0.3 is 0 Å². The first-order valence-electron chi connectivity index (χ1n) is 5.52. The summed E-state index contributed by atoms with van der Waals surface area (Å²) in [4.78, 5) is 4.72. The lowest BCUT2D eigenvalue weighted by atomic mass is 10.0. The largest absolute Gasteiger partial charge is 0.271 e. The van der Waals surface area contributed by atoms with Gasteiger partial charge in [-0.2, -0.15) is 0 Å². The Kier molecular flexibility index (Phi) is 3.95. The molecule has 5 nitrogen and oxygen atoms in total. The SMILES string of the molecule is CC(C)c1nnsc1C(NN)c1cncc(F)c1. The van der Waals surface area contributed by atoms with Crippen molar-refractivity contribution < 1.29 is 4.39 Å². The zero-order chi connectivity index (χ0) is 13.1. The van der Waals surface area contributed by atoms with Gasteiger partial charge in [0.1, 0.15) is 5.82 Å². The van der Waals surface area contributed by atoms with E-state index in [1.807, 2.05) is 13.8 Å². The summed E-state index contributed by atoms with van der Waals surface area (Å²) in [6.07, 6.45) is 2.74. The third kappa shape index (κ3) is 2.53. The molecule has 96 valence electrons. The topological polar surface area (TPSA) is 76.7 Å². The number of nitrogens with one attached hydrogen (secondary N) is 1. The van der Waals surface area contributed by atoms with Crippen LogP contribution in [0.1, 0.15) is 41.9 Å². The Bertz CT molecular complexity index is 528. The van der Waals surface area contributed by atoms with Gasteiger partial charge in [-0.25, -0.2) is 9.82 Å². The summed E-state index contributed by atoms with van der Waals surface area (Å²) in [5, 5.41) is 4.09. The molecule has 0 bridgehead atoms. The normalized spacial score (nSPS) is 12.9. The van der Waals surface area contributed by atoms with E-state index in [1.165, 1.54) is 17.6 Å². The summed E-state index contributed by atoms with van der Waals surface area (Å²) in [6, 6.07) is 1.06. The highest BCUT2D eigenvalue weighted by Gasteiger charge is 2.22. The zero-order valence-electron chi connectivity index (χ0n) is 10.1. The molecule has 2 aromatic rings. The first-order valence-corrected chi connectivity index (χ1v) is 6.29. The van der Waals surface area contributed by atoms with Crippen molar-refractivity contribution in [2.24, 2.45) is 5.84 Å². The van der Waals surface area contributed by atoms with Crippen LogP contribution < -0.4 is 11.3 Å².